The van der Waals surface area contributed by atoms with Crippen LogP contribution in [0.25, 0.3) is 0 Å². The van der Waals surface area contributed by atoms with Crippen molar-refractivity contribution in [3.05, 3.63) is 0 Å². The van der Waals surface area contributed by atoms with Crippen LogP contribution >= 0.6 is 0 Å². The summed E-state index contributed by atoms with van der Waals surface area (Å²) < 4.78 is 5.87. The van der Waals surface area contributed by atoms with Gasteiger partial charge in [-0.3, -0.25) is 0 Å². The topological polar surface area (TPSA) is 9.23 Å². The maximum Gasteiger partial charge on any atom is 0.0576 e. The van der Waals surface area contributed by atoms with Crippen molar-refractivity contribution in [2.45, 2.75) is 97.0 Å². The summed E-state index contributed by atoms with van der Waals surface area (Å²) >= 11 is 0. The molecule has 0 heterocycles. The minimum absolute atomic E-state index is 0.520. The van der Waals surface area contributed by atoms with Gasteiger partial charge in [-0.1, -0.05) is 45.0 Å². The van der Waals surface area contributed by atoms with E-state index >= 15 is 0 Å². The van der Waals surface area contributed by atoms with Crippen LogP contribution in [-0.2, 0) is 4.74 Å². The van der Waals surface area contributed by atoms with Crippen LogP contribution in [0.3, 0.4) is 0 Å². The van der Waals surface area contributed by atoms with Crippen LogP contribution in [-0.4, -0.2) is 12.7 Å². The molecular formula is C21H36O. The Bertz CT molecular complexity index is 303. The normalized spacial score (nSPS) is 32.3. The van der Waals surface area contributed by atoms with E-state index in [1.165, 1.54) is 70.6 Å². The molecule has 1 nitrogen and oxygen atoms in total. The van der Waals surface area contributed by atoms with Crippen LogP contribution in [0.1, 0.15) is 90.9 Å². The van der Waals surface area contributed by atoms with Crippen molar-refractivity contribution >= 4 is 0 Å². The van der Waals surface area contributed by atoms with Crippen molar-refractivity contribution in [1.82, 2.24) is 0 Å². The van der Waals surface area contributed by atoms with Crippen molar-refractivity contribution in [3.63, 3.8) is 0 Å². The molecule has 0 aromatic heterocycles. The highest BCUT2D eigenvalue weighted by Crippen LogP contribution is 2.32. The van der Waals surface area contributed by atoms with Crippen LogP contribution in [0.2, 0.25) is 0 Å². The van der Waals surface area contributed by atoms with Gasteiger partial charge in [0.1, 0.15) is 0 Å². The zero-order chi connectivity index (χ0) is 15.6. The van der Waals surface area contributed by atoms with E-state index < -0.39 is 0 Å². The highest BCUT2D eigenvalue weighted by molar-refractivity contribution is 5.09. The largest absolute Gasteiger partial charge is 0.378 e. The Kier molecular flexibility index (Phi) is 8.38. The quantitative estimate of drug-likeness (QED) is 0.549. The van der Waals surface area contributed by atoms with Crippen LogP contribution in [0.4, 0.5) is 0 Å². The number of hydrogen-bond acceptors (Lipinski definition) is 1. The second-order valence-corrected chi connectivity index (χ2v) is 7.49. The molecule has 0 bridgehead atoms. The summed E-state index contributed by atoms with van der Waals surface area (Å²) in [5, 5.41) is 0. The van der Waals surface area contributed by atoms with Crippen LogP contribution < -0.4 is 0 Å². The van der Waals surface area contributed by atoms with Gasteiger partial charge < -0.3 is 4.74 Å². The second kappa shape index (κ2) is 10.3. The van der Waals surface area contributed by atoms with E-state index in [2.05, 4.69) is 25.7 Å². The molecule has 2 aliphatic carbocycles. The zero-order valence-electron chi connectivity index (χ0n) is 14.9. The van der Waals surface area contributed by atoms with Crippen molar-refractivity contribution in [2.24, 2.45) is 17.8 Å². The summed E-state index contributed by atoms with van der Waals surface area (Å²) in [7, 11) is 0. The van der Waals surface area contributed by atoms with Gasteiger partial charge in [0.05, 0.1) is 6.10 Å². The SMILES string of the molecule is CCCCC1CCC(C#CC2CCC(OCCC)CC2)CC1. The molecule has 0 aromatic rings. The molecule has 0 aromatic carbocycles. The standard InChI is InChI=1S/C21H36O/c1-3-5-6-18-7-9-19(10-8-18)11-12-20-13-15-21(16-14-20)22-17-4-2/h18-21H,3-10,13-17H2,1-2H3. The minimum atomic E-state index is 0.520. The Balaban J connectivity index is 1.63. The highest BCUT2D eigenvalue weighted by atomic mass is 16.5. The lowest BCUT2D eigenvalue weighted by atomic mass is 9.79. The maximum atomic E-state index is 5.87. The summed E-state index contributed by atoms with van der Waals surface area (Å²) in [5.74, 6) is 9.61. The van der Waals surface area contributed by atoms with Gasteiger partial charge in [0.25, 0.3) is 0 Å². The molecule has 1 heteroatoms. The molecule has 0 N–H and O–H groups in total. The molecule has 0 aliphatic heterocycles. The summed E-state index contributed by atoms with van der Waals surface area (Å²) in [4.78, 5) is 0. The third kappa shape index (κ3) is 6.33. The Labute approximate surface area is 138 Å². The van der Waals surface area contributed by atoms with Gasteiger partial charge in [0.2, 0.25) is 0 Å². The Morgan fingerprint density at radius 2 is 1.36 bits per heavy atom. The van der Waals surface area contributed by atoms with Crippen molar-refractivity contribution in [1.29, 1.82) is 0 Å². The predicted molar refractivity (Wildman–Crippen MR) is 94.7 cm³/mol. The van der Waals surface area contributed by atoms with Gasteiger partial charge in [0, 0.05) is 18.4 Å². The lowest BCUT2D eigenvalue weighted by Gasteiger charge is -2.27. The van der Waals surface area contributed by atoms with Crippen LogP contribution in [0, 0.1) is 29.6 Å². The van der Waals surface area contributed by atoms with Crippen molar-refractivity contribution in [2.75, 3.05) is 6.61 Å². The number of ether oxygens (including phenoxy) is 1. The first-order chi connectivity index (χ1) is 10.8. The molecule has 0 saturated heterocycles. The molecule has 0 radical (unpaired) electrons. The zero-order valence-corrected chi connectivity index (χ0v) is 14.9. The van der Waals surface area contributed by atoms with E-state index in [0.29, 0.717) is 17.9 Å². The van der Waals surface area contributed by atoms with E-state index in [9.17, 15) is 0 Å². The maximum absolute atomic E-state index is 5.87. The summed E-state index contributed by atoms with van der Waals surface area (Å²) in [6, 6.07) is 0. The number of unbranched alkanes of at least 4 members (excludes halogenated alkanes) is 1. The van der Waals surface area contributed by atoms with Gasteiger partial charge in [-0.15, -0.1) is 0 Å². The summed E-state index contributed by atoms with van der Waals surface area (Å²) in [6.45, 7) is 5.43. The van der Waals surface area contributed by atoms with Gasteiger partial charge in [-0.25, -0.2) is 0 Å². The van der Waals surface area contributed by atoms with E-state index in [1.807, 2.05) is 0 Å². The monoisotopic (exact) mass is 304 g/mol. The fourth-order valence-corrected chi connectivity index (χ4v) is 3.98. The molecule has 2 aliphatic rings. The fraction of sp³-hybridized carbons (Fsp3) is 0.905. The average Bonchev–Trinajstić information content (AvgIpc) is 2.58. The van der Waals surface area contributed by atoms with E-state index in [1.54, 1.807) is 0 Å². The van der Waals surface area contributed by atoms with E-state index in [0.717, 1.165) is 18.9 Å². The fourth-order valence-electron chi connectivity index (χ4n) is 3.98. The molecule has 2 fully saturated rings. The molecule has 0 atom stereocenters. The molecule has 0 amide bonds. The first-order valence-electron chi connectivity index (χ1n) is 9.94. The first kappa shape index (κ1) is 17.9. The lowest BCUT2D eigenvalue weighted by molar-refractivity contribution is 0.0234. The molecule has 126 valence electrons. The Morgan fingerprint density at radius 3 is 1.91 bits per heavy atom. The average molecular weight is 305 g/mol. The minimum Gasteiger partial charge on any atom is -0.378 e. The van der Waals surface area contributed by atoms with Crippen molar-refractivity contribution in [3.8, 4) is 11.8 Å². The van der Waals surface area contributed by atoms with Crippen LogP contribution in [0.15, 0.2) is 0 Å². The molecule has 2 rings (SSSR count). The van der Waals surface area contributed by atoms with Gasteiger partial charge in [-0.05, 0) is 63.7 Å². The Morgan fingerprint density at radius 1 is 0.773 bits per heavy atom. The van der Waals surface area contributed by atoms with E-state index in [4.69, 9.17) is 4.74 Å². The molecule has 0 unspecified atom stereocenters. The summed E-state index contributed by atoms with van der Waals surface area (Å²) in [5.41, 5.74) is 0. The molecule has 2 saturated carbocycles. The third-order valence-corrected chi connectivity index (χ3v) is 5.54. The third-order valence-electron chi connectivity index (χ3n) is 5.54. The molecular weight excluding hydrogens is 268 g/mol. The Hall–Kier alpha value is -0.480. The first-order valence-corrected chi connectivity index (χ1v) is 9.94. The number of rotatable bonds is 6. The summed E-state index contributed by atoms with van der Waals surface area (Å²) in [6.07, 6.45) is 16.4. The molecule has 22 heavy (non-hydrogen) atoms. The van der Waals surface area contributed by atoms with Crippen LogP contribution in [0.5, 0.6) is 0 Å². The highest BCUT2D eigenvalue weighted by Gasteiger charge is 2.21. The van der Waals surface area contributed by atoms with Gasteiger partial charge >= 0.3 is 0 Å². The molecule has 0 spiro atoms. The second-order valence-electron chi connectivity index (χ2n) is 7.49. The predicted octanol–water partition coefficient (Wildman–Crippen LogP) is 5.97. The van der Waals surface area contributed by atoms with E-state index in [-0.39, 0.29) is 0 Å². The lowest BCUT2D eigenvalue weighted by Crippen LogP contribution is -2.21. The number of hydrogen-bond donors (Lipinski definition) is 0. The van der Waals surface area contributed by atoms with Gasteiger partial charge in [-0.2, -0.15) is 0 Å². The van der Waals surface area contributed by atoms with Gasteiger partial charge in [0.15, 0.2) is 0 Å². The smallest absolute Gasteiger partial charge is 0.0576 e. The van der Waals surface area contributed by atoms with Crippen molar-refractivity contribution < 1.29 is 4.74 Å².